The van der Waals surface area contributed by atoms with Crippen molar-refractivity contribution in [1.29, 1.82) is 0 Å². The molecule has 1 saturated carbocycles. The summed E-state index contributed by atoms with van der Waals surface area (Å²) < 4.78 is 5.58. The van der Waals surface area contributed by atoms with Gasteiger partial charge in [-0.15, -0.1) is 0 Å². The van der Waals surface area contributed by atoms with Crippen LogP contribution in [0.4, 0.5) is 5.69 Å². The molecule has 0 spiro atoms. The lowest BCUT2D eigenvalue weighted by molar-refractivity contribution is 0.236. The Kier molecular flexibility index (Phi) is 8.58. The van der Waals surface area contributed by atoms with Crippen LogP contribution in [0.1, 0.15) is 62.6 Å². The molecule has 0 bridgehead atoms. The maximum absolute atomic E-state index is 6.59. The minimum Gasteiger partial charge on any atom is -0.495 e. The van der Waals surface area contributed by atoms with Crippen molar-refractivity contribution in [2.45, 2.75) is 57.5 Å². The molecule has 2 fully saturated rings. The van der Waals surface area contributed by atoms with Gasteiger partial charge in [0.2, 0.25) is 0 Å². The molecule has 182 valence electrons. The second-order valence-electron chi connectivity index (χ2n) is 9.18. The number of hydrogen-bond acceptors (Lipinski definition) is 4. The molecule has 3 aliphatic rings. The fourth-order valence-electron chi connectivity index (χ4n) is 4.80. The predicted molar refractivity (Wildman–Crippen MR) is 144 cm³/mol. The van der Waals surface area contributed by atoms with Gasteiger partial charge in [-0.1, -0.05) is 55.8 Å². The average Bonchev–Trinajstić information content (AvgIpc) is 3.73. The van der Waals surface area contributed by atoms with Gasteiger partial charge in [0.25, 0.3) is 0 Å². The lowest BCUT2D eigenvalue weighted by Gasteiger charge is -2.33. The molecule has 5 heteroatoms. The van der Waals surface area contributed by atoms with Gasteiger partial charge in [-0.3, -0.25) is 4.90 Å². The van der Waals surface area contributed by atoms with Crippen LogP contribution < -0.4 is 15.4 Å². The Hall–Kier alpha value is -2.43. The van der Waals surface area contributed by atoms with Crippen LogP contribution in [0.3, 0.4) is 0 Å². The van der Waals surface area contributed by atoms with Crippen molar-refractivity contribution in [2.75, 3.05) is 32.1 Å². The van der Waals surface area contributed by atoms with E-state index in [-0.39, 0.29) is 6.04 Å². The quantitative estimate of drug-likeness (QED) is 0.452. The zero-order valence-electron chi connectivity index (χ0n) is 20.7. The molecule has 0 amide bonds. The molecule has 34 heavy (non-hydrogen) atoms. The highest BCUT2D eigenvalue weighted by molar-refractivity contribution is 6.33. The molecule has 2 aromatic rings. The lowest BCUT2D eigenvalue weighted by atomic mass is 9.97. The van der Waals surface area contributed by atoms with E-state index in [4.69, 9.17) is 16.3 Å². The van der Waals surface area contributed by atoms with Crippen molar-refractivity contribution in [2.24, 2.45) is 0 Å². The normalized spacial score (nSPS) is 20.6. The van der Waals surface area contributed by atoms with E-state index in [0.717, 1.165) is 30.4 Å². The van der Waals surface area contributed by atoms with Gasteiger partial charge >= 0.3 is 0 Å². The molecule has 4 nitrogen and oxygen atoms in total. The van der Waals surface area contributed by atoms with Crippen molar-refractivity contribution in [3.63, 3.8) is 0 Å². The topological polar surface area (TPSA) is 36.5 Å². The summed E-state index contributed by atoms with van der Waals surface area (Å²) in [6, 6.07) is 15.6. The first-order valence-corrected chi connectivity index (χ1v) is 13.1. The zero-order chi connectivity index (χ0) is 23.9. The van der Waals surface area contributed by atoms with Crippen LogP contribution >= 0.6 is 11.6 Å². The first-order valence-electron chi connectivity index (χ1n) is 12.7. The molecule has 0 radical (unpaired) electrons. The van der Waals surface area contributed by atoms with Gasteiger partial charge in [0.15, 0.2) is 0 Å². The molecule has 2 aliphatic heterocycles. The van der Waals surface area contributed by atoms with E-state index in [0.29, 0.717) is 12.0 Å². The highest BCUT2D eigenvalue weighted by Gasteiger charge is 2.29. The van der Waals surface area contributed by atoms with Crippen molar-refractivity contribution in [3.05, 3.63) is 82.5 Å². The summed E-state index contributed by atoms with van der Waals surface area (Å²) in [5, 5.41) is 7.97. The SMILES string of the molecule is CC.COc1cc(C2C=C(CN3CCC(Nc4ccccc4)CC3)C=CN2)cc(C2CC2)c1Cl. The lowest BCUT2D eigenvalue weighted by Crippen LogP contribution is -2.40. The summed E-state index contributed by atoms with van der Waals surface area (Å²) in [6.07, 6.45) is 11.4. The van der Waals surface area contributed by atoms with Crippen LogP contribution in [0, 0.1) is 0 Å². The van der Waals surface area contributed by atoms with Crippen molar-refractivity contribution in [1.82, 2.24) is 10.2 Å². The number of rotatable bonds is 7. The number of para-hydroxylation sites is 1. The predicted octanol–water partition coefficient (Wildman–Crippen LogP) is 6.91. The van der Waals surface area contributed by atoms with Crippen LogP contribution in [-0.4, -0.2) is 37.7 Å². The Morgan fingerprint density at radius 1 is 1.06 bits per heavy atom. The largest absolute Gasteiger partial charge is 0.495 e. The number of dihydropyridines is 1. The molecule has 2 aromatic carbocycles. The smallest absolute Gasteiger partial charge is 0.138 e. The number of nitrogens with zero attached hydrogens (tertiary/aromatic N) is 1. The minimum absolute atomic E-state index is 0.149. The number of halogens is 1. The second kappa shape index (κ2) is 11.8. The number of nitrogens with one attached hydrogen (secondary N) is 2. The van der Waals surface area contributed by atoms with Gasteiger partial charge in [-0.05, 0) is 78.8 Å². The number of methoxy groups -OCH3 is 1. The fraction of sp³-hybridized carbons (Fsp3) is 0.448. The molecule has 1 saturated heterocycles. The average molecular weight is 480 g/mol. The Morgan fingerprint density at radius 2 is 1.79 bits per heavy atom. The van der Waals surface area contributed by atoms with E-state index in [1.165, 1.54) is 48.1 Å². The summed E-state index contributed by atoms with van der Waals surface area (Å²) in [5.74, 6) is 1.37. The number of benzene rings is 2. The Balaban J connectivity index is 0.00000133. The third-order valence-electron chi connectivity index (χ3n) is 6.78. The van der Waals surface area contributed by atoms with E-state index < -0.39 is 0 Å². The third-order valence-corrected chi connectivity index (χ3v) is 7.18. The first kappa shape index (κ1) is 24.7. The highest BCUT2D eigenvalue weighted by Crippen LogP contribution is 2.47. The maximum Gasteiger partial charge on any atom is 0.138 e. The van der Waals surface area contributed by atoms with Crippen molar-refractivity contribution in [3.8, 4) is 5.75 Å². The molecular formula is C29H38ClN3O. The molecule has 5 rings (SSSR count). The van der Waals surface area contributed by atoms with Gasteiger partial charge in [0.05, 0.1) is 18.2 Å². The standard InChI is InChI=1S/C27H32ClN3O.C2H6/c1-32-26-17-21(16-24(27(26)28)20-7-8-20)25-15-19(9-12-29-25)18-31-13-10-23(11-14-31)30-22-5-3-2-4-6-22;1-2/h2-6,9,12,15-17,20,23,25,29-30H,7-8,10-11,13-14,18H2,1H3;1-2H3. The van der Waals surface area contributed by atoms with Gasteiger partial charge in [0.1, 0.15) is 5.75 Å². The third kappa shape index (κ3) is 6.17. The van der Waals surface area contributed by atoms with Gasteiger partial charge in [0, 0.05) is 31.4 Å². The number of hydrogen-bond donors (Lipinski definition) is 2. The van der Waals surface area contributed by atoms with Crippen LogP contribution in [0.2, 0.25) is 5.02 Å². The van der Waals surface area contributed by atoms with E-state index >= 15 is 0 Å². The summed E-state index contributed by atoms with van der Waals surface area (Å²) >= 11 is 6.59. The monoisotopic (exact) mass is 479 g/mol. The van der Waals surface area contributed by atoms with Crippen LogP contribution in [0.15, 0.2) is 66.4 Å². The van der Waals surface area contributed by atoms with Crippen LogP contribution in [-0.2, 0) is 0 Å². The number of ether oxygens (including phenoxy) is 1. The summed E-state index contributed by atoms with van der Waals surface area (Å²) in [4.78, 5) is 2.57. The van der Waals surface area contributed by atoms with E-state index in [2.05, 4.69) is 76.4 Å². The fourth-order valence-corrected chi connectivity index (χ4v) is 5.14. The Bertz CT molecular complexity index is 992. The highest BCUT2D eigenvalue weighted by atomic mass is 35.5. The van der Waals surface area contributed by atoms with Gasteiger partial charge < -0.3 is 15.4 Å². The van der Waals surface area contributed by atoms with E-state index in [1.807, 2.05) is 13.8 Å². The van der Waals surface area contributed by atoms with E-state index in [9.17, 15) is 0 Å². The summed E-state index contributed by atoms with van der Waals surface area (Å²) in [7, 11) is 1.70. The molecular weight excluding hydrogens is 442 g/mol. The first-order chi connectivity index (χ1) is 16.7. The molecule has 1 aliphatic carbocycles. The number of anilines is 1. The van der Waals surface area contributed by atoms with Crippen molar-refractivity contribution < 1.29 is 4.74 Å². The summed E-state index contributed by atoms with van der Waals surface area (Å²) in [5.41, 5.74) is 5.05. The number of piperidine rings is 1. The molecule has 0 aromatic heterocycles. The van der Waals surface area contributed by atoms with Gasteiger partial charge in [-0.25, -0.2) is 0 Å². The molecule has 1 unspecified atom stereocenters. The summed E-state index contributed by atoms with van der Waals surface area (Å²) in [6.45, 7) is 7.23. The van der Waals surface area contributed by atoms with Crippen molar-refractivity contribution >= 4 is 17.3 Å². The van der Waals surface area contributed by atoms with E-state index in [1.54, 1.807) is 7.11 Å². The number of likely N-dealkylation sites (tertiary alicyclic amines) is 1. The zero-order valence-corrected chi connectivity index (χ0v) is 21.4. The molecule has 2 heterocycles. The molecule has 1 atom stereocenters. The van der Waals surface area contributed by atoms with Crippen LogP contribution in [0.5, 0.6) is 5.75 Å². The Labute approximate surface area is 210 Å². The Morgan fingerprint density at radius 3 is 2.47 bits per heavy atom. The molecule has 2 N–H and O–H groups in total. The minimum atomic E-state index is 0.149. The van der Waals surface area contributed by atoms with Crippen LogP contribution in [0.25, 0.3) is 0 Å². The van der Waals surface area contributed by atoms with Gasteiger partial charge in [-0.2, -0.15) is 0 Å². The second-order valence-corrected chi connectivity index (χ2v) is 9.56. The maximum atomic E-state index is 6.59.